The topological polar surface area (TPSA) is 70.7 Å². The van der Waals surface area contributed by atoms with Gasteiger partial charge in [0, 0.05) is 13.0 Å². The summed E-state index contributed by atoms with van der Waals surface area (Å²) in [5.41, 5.74) is 2.32. The van der Waals surface area contributed by atoms with Crippen LogP contribution in [-0.4, -0.2) is 26.3 Å². The average Bonchev–Trinajstić information content (AvgIpc) is 3.31. The molecule has 2 N–H and O–H groups in total. The minimum absolute atomic E-state index is 0.00730. The summed E-state index contributed by atoms with van der Waals surface area (Å²) >= 11 is 1.40. The van der Waals surface area contributed by atoms with Gasteiger partial charge in [0.05, 0.1) is 5.25 Å². The number of carbonyl (C=O) groups excluding carboxylic acids is 1. The van der Waals surface area contributed by atoms with E-state index < -0.39 is 0 Å². The molecule has 1 atom stereocenters. The van der Waals surface area contributed by atoms with E-state index in [0.717, 1.165) is 23.7 Å². The molecule has 0 bridgehead atoms. The van der Waals surface area contributed by atoms with Gasteiger partial charge < -0.3 is 5.32 Å². The van der Waals surface area contributed by atoms with Crippen LogP contribution in [0.5, 0.6) is 0 Å². The normalized spacial score (nSPS) is 15.9. The SMILES string of the molecule is Cc1ccc(CNC(=O)C(C)Sc2n[nH]c(CCC3CCCC3)n2)cc1. The van der Waals surface area contributed by atoms with E-state index in [2.05, 4.69) is 39.6 Å². The molecule has 0 spiro atoms. The number of hydrogen-bond acceptors (Lipinski definition) is 4. The van der Waals surface area contributed by atoms with Crippen LogP contribution < -0.4 is 5.32 Å². The van der Waals surface area contributed by atoms with Crippen molar-refractivity contribution in [2.24, 2.45) is 5.92 Å². The second-order valence-electron chi connectivity index (χ2n) is 7.22. The van der Waals surface area contributed by atoms with Crippen molar-refractivity contribution in [2.45, 2.75) is 69.3 Å². The van der Waals surface area contributed by atoms with Gasteiger partial charge >= 0.3 is 0 Å². The van der Waals surface area contributed by atoms with Crippen LogP contribution in [0.2, 0.25) is 0 Å². The number of amides is 1. The highest BCUT2D eigenvalue weighted by Gasteiger charge is 2.18. The molecule has 140 valence electrons. The van der Waals surface area contributed by atoms with Gasteiger partial charge in [0.2, 0.25) is 11.1 Å². The molecule has 0 aliphatic heterocycles. The Balaban J connectivity index is 1.42. The van der Waals surface area contributed by atoms with Crippen molar-refractivity contribution in [3.05, 3.63) is 41.2 Å². The summed E-state index contributed by atoms with van der Waals surface area (Å²) in [7, 11) is 0. The lowest BCUT2D eigenvalue weighted by Gasteiger charge is -2.10. The van der Waals surface area contributed by atoms with Crippen molar-refractivity contribution in [2.75, 3.05) is 0 Å². The molecule has 1 aromatic carbocycles. The van der Waals surface area contributed by atoms with Crippen LogP contribution >= 0.6 is 11.8 Å². The van der Waals surface area contributed by atoms with Gasteiger partial charge in [0.1, 0.15) is 5.82 Å². The molecule has 1 aliphatic rings. The van der Waals surface area contributed by atoms with Crippen molar-refractivity contribution in [1.29, 1.82) is 0 Å². The molecular formula is C20H28N4OS. The lowest BCUT2D eigenvalue weighted by atomic mass is 10.0. The molecule has 1 aromatic heterocycles. The van der Waals surface area contributed by atoms with Gasteiger partial charge in [-0.25, -0.2) is 4.98 Å². The zero-order valence-electron chi connectivity index (χ0n) is 15.6. The van der Waals surface area contributed by atoms with Crippen LogP contribution in [0.25, 0.3) is 0 Å². The molecule has 6 heteroatoms. The van der Waals surface area contributed by atoms with Gasteiger partial charge in [-0.3, -0.25) is 9.89 Å². The Morgan fingerprint density at radius 3 is 2.77 bits per heavy atom. The molecule has 26 heavy (non-hydrogen) atoms. The molecular weight excluding hydrogens is 344 g/mol. The van der Waals surface area contributed by atoms with Crippen molar-refractivity contribution in [3.63, 3.8) is 0 Å². The van der Waals surface area contributed by atoms with Gasteiger partial charge in [0.25, 0.3) is 0 Å². The number of carbonyl (C=O) groups is 1. The highest BCUT2D eigenvalue weighted by Crippen LogP contribution is 2.28. The third kappa shape index (κ3) is 5.59. The second-order valence-corrected chi connectivity index (χ2v) is 8.53. The van der Waals surface area contributed by atoms with Gasteiger partial charge in [0.15, 0.2) is 0 Å². The third-order valence-electron chi connectivity index (χ3n) is 5.01. The predicted octanol–water partition coefficient (Wildman–Crippen LogP) is 4.03. The van der Waals surface area contributed by atoms with Crippen LogP contribution in [0.4, 0.5) is 0 Å². The van der Waals surface area contributed by atoms with Crippen LogP contribution in [0, 0.1) is 12.8 Å². The Labute approximate surface area is 159 Å². The molecule has 0 radical (unpaired) electrons. The van der Waals surface area contributed by atoms with Gasteiger partial charge in [-0.15, -0.1) is 5.10 Å². The minimum atomic E-state index is -0.223. The monoisotopic (exact) mass is 372 g/mol. The minimum Gasteiger partial charge on any atom is -0.351 e. The van der Waals surface area contributed by atoms with Crippen molar-refractivity contribution < 1.29 is 4.79 Å². The lowest BCUT2D eigenvalue weighted by molar-refractivity contribution is -0.120. The van der Waals surface area contributed by atoms with E-state index in [9.17, 15) is 4.79 Å². The standard InChI is InChI=1S/C20H28N4OS/c1-14-7-9-17(10-8-14)13-21-19(25)15(2)26-20-22-18(23-24-20)12-11-16-5-3-4-6-16/h7-10,15-16H,3-6,11-13H2,1-2H3,(H,21,25)(H,22,23,24). The first kappa shape index (κ1) is 19.0. The number of aromatic amines is 1. The molecule has 1 saturated carbocycles. The summed E-state index contributed by atoms with van der Waals surface area (Å²) in [6, 6.07) is 8.19. The largest absolute Gasteiger partial charge is 0.351 e. The number of benzene rings is 1. The second kappa shape index (κ2) is 9.21. The summed E-state index contributed by atoms with van der Waals surface area (Å²) < 4.78 is 0. The maximum atomic E-state index is 12.3. The molecule has 1 amide bonds. The Bertz CT molecular complexity index is 707. The van der Waals surface area contributed by atoms with Crippen molar-refractivity contribution in [1.82, 2.24) is 20.5 Å². The fourth-order valence-electron chi connectivity index (χ4n) is 3.33. The average molecular weight is 373 g/mol. The van der Waals surface area contributed by atoms with E-state index in [1.54, 1.807) is 0 Å². The highest BCUT2D eigenvalue weighted by atomic mass is 32.2. The molecule has 1 aliphatic carbocycles. The molecule has 3 rings (SSSR count). The van der Waals surface area contributed by atoms with Crippen molar-refractivity contribution in [3.8, 4) is 0 Å². The molecule has 2 aromatic rings. The predicted molar refractivity (Wildman–Crippen MR) is 105 cm³/mol. The zero-order chi connectivity index (χ0) is 18.4. The lowest BCUT2D eigenvalue weighted by Crippen LogP contribution is -2.30. The first-order valence-electron chi connectivity index (χ1n) is 9.51. The van der Waals surface area contributed by atoms with Gasteiger partial charge in [-0.1, -0.05) is 67.3 Å². The number of nitrogens with zero attached hydrogens (tertiary/aromatic N) is 2. The van der Waals surface area contributed by atoms with E-state index in [1.807, 2.05) is 19.1 Å². The Morgan fingerprint density at radius 2 is 2.04 bits per heavy atom. The maximum absolute atomic E-state index is 12.3. The van der Waals surface area contributed by atoms with Crippen molar-refractivity contribution >= 4 is 17.7 Å². The fraction of sp³-hybridized carbons (Fsp3) is 0.550. The zero-order valence-corrected chi connectivity index (χ0v) is 16.4. The van der Waals surface area contributed by atoms with E-state index in [0.29, 0.717) is 11.7 Å². The third-order valence-corrected chi connectivity index (χ3v) is 5.98. The molecule has 1 fully saturated rings. The Morgan fingerprint density at radius 1 is 1.31 bits per heavy atom. The van der Waals surface area contributed by atoms with Gasteiger partial charge in [-0.05, 0) is 31.7 Å². The number of H-pyrrole nitrogens is 1. The Kier molecular flexibility index (Phi) is 6.72. The smallest absolute Gasteiger partial charge is 0.233 e. The van der Waals surface area contributed by atoms with Crippen LogP contribution in [0.15, 0.2) is 29.4 Å². The van der Waals surface area contributed by atoms with E-state index in [-0.39, 0.29) is 11.2 Å². The van der Waals surface area contributed by atoms with E-state index >= 15 is 0 Å². The van der Waals surface area contributed by atoms with Crippen LogP contribution in [0.3, 0.4) is 0 Å². The fourth-order valence-corrected chi connectivity index (χ4v) is 4.10. The summed E-state index contributed by atoms with van der Waals surface area (Å²) in [6.45, 7) is 4.49. The molecule has 1 unspecified atom stereocenters. The maximum Gasteiger partial charge on any atom is 0.233 e. The van der Waals surface area contributed by atoms with Crippen LogP contribution in [0.1, 0.15) is 56.0 Å². The summed E-state index contributed by atoms with van der Waals surface area (Å²) in [5.74, 6) is 1.79. The first-order chi connectivity index (χ1) is 12.6. The number of nitrogens with one attached hydrogen (secondary N) is 2. The number of hydrogen-bond donors (Lipinski definition) is 2. The molecule has 0 saturated heterocycles. The number of aromatic nitrogens is 3. The highest BCUT2D eigenvalue weighted by molar-refractivity contribution is 8.00. The summed E-state index contributed by atoms with van der Waals surface area (Å²) in [4.78, 5) is 16.8. The van der Waals surface area contributed by atoms with E-state index in [4.69, 9.17) is 0 Å². The first-order valence-corrected chi connectivity index (χ1v) is 10.4. The number of rotatable bonds is 8. The number of aryl methyl sites for hydroxylation is 2. The van der Waals surface area contributed by atoms with Crippen LogP contribution in [-0.2, 0) is 17.8 Å². The summed E-state index contributed by atoms with van der Waals surface area (Å²) in [6.07, 6.45) is 7.59. The molecule has 1 heterocycles. The number of thioether (sulfide) groups is 1. The van der Waals surface area contributed by atoms with Gasteiger partial charge in [-0.2, -0.15) is 0 Å². The van der Waals surface area contributed by atoms with E-state index in [1.165, 1.54) is 49.4 Å². The quantitative estimate of drug-likeness (QED) is 0.686. The molecule has 5 nitrogen and oxygen atoms in total. The summed E-state index contributed by atoms with van der Waals surface area (Å²) in [5, 5.41) is 10.7. The Hall–Kier alpha value is -1.82.